The van der Waals surface area contributed by atoms with Crippen molar-refractivity contribution < 1.29 is 28.9 Å². The van der Waals surface area contributed by atoms with E-state index in [9.17, 15) is 14.7 Å². The molecule has 1 aromatic carbocycles. The molecule has 31 heavy (non-hydrogen) atoms. The largest absolute Gasteiger partial charge is 0.503 e. The highest BCUT2D eigenvalue weighted by Crippen LogP contribution is 2.30. The molecule has 1 aromatic heterocycles. The van der Waals surface area contributed by atoms with Crippen molar-refractivity contribution in [3.8, 4) is 17.2 Å². The molecule has 2 aromatic rings. The normalized spacial score (nSPS) is 13.4. The number of rotatable bonds is 10. The van der Waals surface area contributed by atoms with E-state index in [2.05, 4.69) is 4.98 Å². The van der Waals surface area contributed by atoms with Crippen LogP contribution in [0.1, 0.15) is 51.5 Å². The molecule has 2 atom stereocenters. The Kier molecular flexibility index (Phi) is 8.02. The maximum atomic E-state index is 12.8. The Morgan fingerprint density at radius 1 is 1.10 bits per heavy atom. The Balaban J connectivity index is 2.08. The molecule has 0 spiro atoms. The topological polar surface area (TPSA) is 95.0 Å². The van der Waals surface area contributed by atoms with E-state index in [1.807, 2.05) is 44.2 Å². The predicted octanol–water partition coefficient (Wildman–Crippen LogP) is 4.43. The summed E-state index contributed by atoms with van der Waals surface area (Å²) in [5.74, 6) is -1.17. The van der Waals surface area contributed by atoms with Crippen LogP contribution in [0, 0.1) is 11.8 Å². The SMILES string of the molecule is COc1ccnc(C(=O)CC(C)C(=O)OC(C)(C)[C@@H](Oc2ccccc2)C(C)C)c1O. The van der Waals surface area contributed by atoms with Crippen molar-refractivity contribution in [3.63, 3.8) is 0 Å². The van der Waals surface area contributed by atoms with E-state index in [4.69, 9.17) is 14.2 Å². The number of carbonyl (C=O) groups is 2. The first-order valence-corrected chi connectivity index (χ1v) is 10.3. The highest BCUT2D eigenvalue weighted by molar-refractivity contribution is 5.99. The molecule has 0 saturated carbocycles. The van der Waals surface area contributed by atoms with Crippen LogP contribution < -0.4 is 9.47 Å². The predicted molar refractivity (Wildman–Crippen MR) is 116 cm³/mol. The Hall–Kier alpha value is -3.09. The molecule has 0 bridgehead atoms. The van der Waals surface area contributed by atoms with E-state index >= 15 is 0 Å². The summed E-state index contributed by atoms with van der Waals surface area (Å²) in [6.45, 7) is 9.18. The van der Waals surface area contributed by atoms with E-state index in [1.165, 1.54) is 19.4 Å². The van der Waals surface area contributed by atoms with Gasteiger partial charge in [0, 0.05) is 18.7 Å². The second kappa shape index (κ2) is 10.3. The zero-order chi connectivity index (χ0) is 23.2. The monoisotopic (exact) mass is 429 g/mol. The lowest BCUT2D eigenvalue weighted by Gasteiger charge is -2.37. The Morgan fingerprint density at radius 2 is 1.74 bits per heavy atom. The third-order valence-corrected chi connectivity index (χ3v) is 4.93. The first-order valence-electron chi connectivity index (χ1n) is 10.3. The van der Waals surface area contributed by atoms with E-state index in [1.54, 1.807) is 20.8 Å². The third kappa shape index (κ3) is 6.20. The molecule has 0 aliphatic carbocycles. The number of hydrogen-bond acceptors (Lipinski definition) is 7. The van der Waals surface area contributed by atoms with Gasteiger partial charge in [0.05, 0.1) is 13.0 Å². The number of nitrogens with zero attached hydrogens (tertiary/aromatic N) is 1. The van der Waals surface area contributed by atoms with Gasteiger partial charge in [-0.3, -0.25) is 9.59 Å². The van der Waals surface area contributed by atoms with Crippen molar-refractivity contribution >= 4 is 11.8 Å². The van der Waals surface area contributed by atoms with Crippen molar-refractivity contribution in [1.29, 1.82) is 0 Å². The van der Waals surface area contributed by atoms with Crippen LogP contribution in [0.15, 0.2) is 42.6 Å². The fraction of sp³-hybridized carbons (Fsp3) is 0.458. The van der Waals surface area contributed by atoms with Crippen LogP contribution in [0.5, 0.6) is 17.2 Å². The van der Waals surface area contributed by atoms with Gasteiger partial charge in [0.1, 0.15) is 17.5 Å². The lowest BCUT2D eigenvalue weighted by molar-refractivity contribution is -0.172. The van der Waals surface area contributed by atoms with E-state index in [0.717, 1.165) is 0 Å². The molecule has 0 amide bonds. The molecule has 1 N–H and O–H groups in total. The number of para-hydroxylation sites is 1. The van der Waals surface area contributed by atoms with Crippen LogP contribution >= 0.6 is 0 Å². The van der Waals surface area contributed by atoms with E-state index < -0.39 is 29.4 Å². The number of carbonyl (C=O) groups excluding carboxylic acids is 2. The van der Waals surface area contributed by atoms with Crippen molar-refractivity contribution in [1.82, 2.24) is 4.98 Å². The molecule has 168 valence electrons. The molecule has 0 aliphatic rings. The van der Waals surface area contributed by atoms with Gasteiger partial charge in [0.2, 0.25) is 0 Å². The molecule has 7 heteroatoms. The first kappa shape index (κ1) is 24.2. The maximum Gasteiger partial charge on any atom is 0.309 e. The van der Waals surface area contributed by atoms with Gasteiger partial charge in [-0.25, -0.2) is 4.98 Å². The fourth-order valence-corrected chi connectivity index (χ4v) is 3.41. The second-order valence-electron chi connectivity index (χ2n) is 8.36. The van der Waals surface area contributed by atoms with Crippen LogP contribution in [-0.2, 0) is 9.53 Å². The van der Waals surface area contributed by atoms with Gasteiger partial charge in [-0.15, -0.1) is 0 Å². The van der Waals surface area contributed by atoms with Crippen molar-refractivity contribution in [3.05, 3.63) is 48.3 Å². The van der Waals surface area contributed by atoms with Crippen LogP contribution in [0.2, 0.25) is 0 Å². The molecule has 0 aliphatic heterocycles. The summed E-state index contributed by atoms with van der Waals surface area (Å²) < 4.78 is 16.9. The summed E-state index contributed by atoms with van der Waals surface area (Å²) in [5, 5.41) is 10.1. The van der Waals surface area contributed by atoms with Gasteiger partial charge in [0.25, 0.3) is 0 Å². The molecule has 1 unspecified atom stereocenters. The molecular formula is C24H31NO6. The average molecular weight is 430 g/mol. The minimum absolute atomic E-state index is 0.0675. The zero-order valence-electron chi connectivity index (χ0n) is 18.9. The molecule has 0 radical (unpaired) electrons. The van der Waals surface area contributed by atoms with Crippen LogP contribution in [0.25, 0.3) is 0 Å². The zero-order valence-corrected chi connectivity index (χ0v) is 18.9. The van der Waals surface area contributed by atoms with Gasteiger partial charge >= 0.3 is 5.97 Å². The number of esters is 1. The summed E-state index contributed by atoms with van der Waals surface area (Å²) in [4.78, 5) is 29.3. The van der Waals surface area contributed by atoms with Gasteiger partial charge in [-0.2, -0.15) is 0 Å². The molecule has 2 rings (SSSR count). The summed E-state index contributed by atoms with van der Waals surface area (Å²) >= 11 is 0. The minimum Gasteiger partial charge on any atom is -0.503 e. The van der Waals surface area contributed by atoms with Crippen LogP contribution in [0.4, 0.5) is 0 Å². The smallest absolute Gasteiger partial charge is 0.309 e. The minimum atomic E-state index is -0.936. The van der Waals surface area contributed by atoms with Crippen LogP contribution in [-0.4, -0.2) is 40.7 Å². The van der Waals surface area contributed by atoms with E-state index in [-0.39, 0.29) is 29.5 Å². The van der Waals surface area contributed by atoms with Crippen molar-refractivity contribution in [2.24, 2.45) is 11.8 Å². The van der Waals surface area contributed by atoms with Gasteiger partial charge in [0.15, 0.2) is 23.0 Å². The summed E-state index contributed by atoms with van der Waals surface area (Å²) in [6.07, 6.45) is 0.812. The Morgan fingerprint density at radius 3 is 2.32 bits per heavy atom. The standard InChI is InChI=1S/C24H31NO6/c1-15(2)22(30-17-10-8-7-9-11-17)24(4,5)31-23(28)16(3)14-18(26)20-21(27)19(29-6)12-13-25-20/h7-13,15-16,22,27H,14H2,1-6H3/t16?,22-/m0/s1. The van der Waals surface area contributed by atoms with E-state index in [0.29, 0.717) is 5.75 Å². The number of ketones is 1. The molecule has 0 saturated heterocycles. The quantitative estimate of drug-likeness (QED) is 0.441. The lowest BCUT2D eigenvalue weighted by atomic mass is 9.91. The first-order chi connectivity index (χ1) is 14.6. The number of ether oxygens (including phenoxy) is 3. The molecule has 1 heterocycles. The average Bonchev–Trinajstić information content (AvgIpc) is 2.72. The van der Waals surface area contributed by atoms with Crippen LogP contribution in [0.3, 0.4) is 0 Å². The maximum absolute atomic E-state index is 12.8. The summed E-state index contributed by atoms with van der Waals surface area (Å²) in [7, 11) is 1.38. The van der Waals surface area contributed by atoms with Gasteiger partial charge in [-0.1, -0.05) is 39.0 Å². The number of hydrogen-bond donors (Lipinski definition) is 1. The van der Waals surface area contributed by atoms with Crippen molar-refractivity contribution in [2.45, 2.75) is 52.7 Å². The summed E-state index contributed by atoms with van der Waals surface area (Å²) in [6, 6.07) is 10.8. The highest BCUT2D eigenvalue weighted by Gasteiger charge is 2.39. The molecule has 0 fully saturated rings. The number of aromatic nitrogens is 1. The number of benzene rings is 1. The number of Topliss-reactive ketones (excluding diaryl/α,β-unsaturated/α-hetero) is 1. The molecule has 7 nitrogen and oxygen atoms in total. The lowest BCUT2D eigenvalue weighted by Crippen LogP contribution is -2.48. The number of pyridine rings is 1. The highest BCUT2D eigenvalue weighted by atomic mass is 16.6. The fourth-order valence-electron chi connectivity index (χ4n) is 3.41. The third-order valence-electron chi connectivity index (χ3n) is 4.93. The Bertz CT molecular complexity index is 894. The van der Waals surface area contributed by atoms with Crippen molar-refractivity contribution in [2.75, 3.05) is 7.11 Å². The van der Waals surface area contributed by atoms with Gasteiger partial charge in [-0.05, 0) is 31.9 Å². The molecular weight excluding hydrogens is 398 g/mol. The number of methoxy groups -OCH3 is 1. The second-order valence-corrected chi connectivity index (χ2v) is 8.36. The summed E-state index contributed by atoms with van der Waals surface area (Å²) in [5.41, 5.74) is -1.07. The van der Waals surface area contributed by atoms with Gasteiger partial charge < -0.3 is 19.3 Å². The number of aromatic hydroxyl groups is 1. The Labute approximate surface area is 183 Å².